The Kier molecular flexibility index (Phi) is 9.81. The van der Waals surface area contributed by atoms with Crippen molar-refractivity contribution in [2.75, 3.05) is 0 Å². The van der Waals surface area contributed by atoms with E-state index in [1.807, 2.05) is 6.92 Å². The van der Waals surface area contributed by atoms with Crippen molar-refractivity contribution in [1.82, 2.24) is 0 Å². The lowest BCUT2D eigenvalue weighted by molar-refractivity contribution is -0.137. The predicted octanol–water partition coefficient (Wildman–Crippen LogP) is 2.79. The van der Waals surface area contributed by atoms with Gasteiger partial charge in [0, 0.05) is 6.42 Å². The molecule has 0 spiro atoms. The van der Waals surface area contributed by atoms with Gasteiger partial charge in [0.15, 0.2) is 0 Å². The summed E-state index contributed by atoms with van der Waals surface area (Å²) in [7, 11) is -4.37. The van der Waals surface area contributed by atoms with Gasteiger partial charge < -0.3 is 5.11 Å². The summed E-state index contributed by atoms with van der Waals surface area (Å²) >= 11 is 0. The molecule has 0 saturated heterocycles. The Morgan fingerprint density at radius 3 is 2.21 bits per heavy atom. The SMILES string of the molecule is CCCC(CCCCCCCC(=O)O)OS(=O)(=O)O. The van der Waals surface area contributed by atoms with Crippen molar-refractivity contribution in [3.05, 3.63) is 0 Å². The molecule has 0 rings (SSSR count). The monoisotopic (exact) mass is 296 g/mol. The highest BCUT2D eigenvalue weighted by molar-refractivity contribution is 7.80. The van der Waals surface area contributed by atoms with Crippen LogP contribution in [0.1, 0.15) is 64.7 Å². The van der Waals surface area contributed by atoms with Crippen LogP contribution in [0.5, 0.6) is 0 Å². The summed E-state index contributed by atoms with van der Waals surface area (Å²) < 4.78 is 34.5. The van der Waals surface area contributed by atoms with Crippen molar-refractivity contribution in [3.63, 3.8) is 0 Å². The van der Waals surface area contributed by atoms with Crippen LogP contribution >= 0.6 is 0 Å². The summed E-state index contributed by atoms with van der Waals surface area (Å²) in [6.45, 7) is 1.92. The smallest absolute Gasteiger partial charge is 0.397 e. The van der Waals surface area contributed by atoms with Gasteiger partial charge in [0.1, 0.15) is 0 Å². The normalized spacial score (nSPS) is 13.4. The summed E-state index contributed by atoms with van der Waals surface area (Å²) in [4.78, 5) is 10.3. The van der Waals surface area contributed by atoms with E-state index >= 15 is 0 Å². The molecule has 19 heavy (non-hydrogen) atoms. The highest BCUT2D eigenvalue weighted by Crippen LogP contribution is 2.15. The fourth-order valence-corrected chi connectivity index (χ4v) is 2.45. The average molecular weight is 296 g/mol. The van der Waals surface area contributed by atoms with Crippen molar-refractivity contribution < 1.29 is 27.1 Å². The van der Waals surface area contributed by atoms with Crippen LogP contribution in [0.3, 0.4) is 0 Å². The zero-order chi connectivity index (χ0) is 14.7. The first-order valence-electron chi connectivity index (χ1n) is 6.72. The van der Waals surface area contributed by atoms with E-state index in [1.54, 1.807) is 0 Å². The van der Waals surface area contributed by atoms with Crippen molar-refractivity contribution in [1.29, 1.82) is 0 Å². The molecule has 0 aromatic rings. The van der Waals surface area contributed by atoms with Crippen LogP contribution in [0.25, 0.3) is 0 Å². The maximum Gasteiger partial charge on any atom is 0.397 e. The molecule has 0 aromatic heterocycles. The van der Waals surface area contributed by atoms with Gasteiger partial charge in [-0.2, -0.15) is 8.42 Å². The van der Waals surface area contributed by atoms with E-state index in [-0.39, 0.29) is 6.42 Å². The lowest BCUT2D eigenvalue weighted by atomic mass is 10.0. The standard InChI is InChI=1S/C12H24O6S/c1-2-8-11(18-19(15,16)17)9-6-4-3-5-7-10-12(13)14/h11H,2-10H2,1H3,(H,13,14)(H,15,16,17). The van der Waals surface area contributed by atoms with Crippen LogP contribution in [0, 0.1) is 0 Å². The Labute approximate surface area is 115 Å². The van der Waals surface area contributed by atoms with E-state index in [9.17, 15) is 13.2 Å². The molecule has 0 radical (unpaired) electrons. The first kappa shape index (κ1) is 18.3. The van der Waals surface area contributed by atoms with Crippen molar-refractivity contribution in [2.45, 2.75) is 70.8 Å². The van der Waals surface area contributed by atoms with Crippen molar-refractivity contribution in [3.8, 4) is 0 Å². The number of carboxylic acids is 1. The second-order valence-corrected chi connectivity index (χ2v) is 5.68. The first-order chi connectivity index (χ1) is 8.85. The molecule has 2 N–H and O–H groups in total. The molecule has 0 fully saturated rings. The summed E-state index contributed by atoms with van der Waals surface area (Å²) in [5, 5.41) is 8.46. The lowest BCUT2D eigenvalue weighted by Gasteiger charge is -2.14. The number of rotatable bonds is 12. The van der Waals surface area contributed by atoms with Crippen LogP contribution in [-0.4, -0.2) is 30.2 Å². The Bertz CT molecular complexity index is 338. The van der Waals surface area contributed by atoms with Crippen LogP contribution in [0.4, 0.5) is 0 Å². The van der Waals surface area contributed by atoms with E-state index in [4.69, 9.17) is 9.66 Å². The Hall–Kier alpha value is -0.660. The molecule has 0 aromatic carbocycles. The van der Waals surface area contributed by atoms with Gasteiger partial charge in [0.25, 0.3) is 0 Å². The zero-order valence-electron chi connectivity index (χ0n) is 11.4. The van der Waals surface area contributed by atoms with E-state index in [0.717, 1.165) is 32.1 Å². The van der Waals surface area contributed by atoms with Gasteiger partial charge in [0.2, 0.25) is 0 Å². The molecule has 0 aliphatic heterocycles. The Morgan fingerprint density at radius 1 is 1.11 bits per heavy atom. The van der Waals surface area contributed by atoms with Crippen LogP contribution in [0.15, 0.2) is 0 Å². The maximum absolute atomic E-state index is 10.6. The molecule has 7 heteroatoms. The van der Waals surface area contributed by atoms with Crippen molar-refractivity contribution >= 4 is 16.4 Å². The number of hydrogen-bond acceptors (Lipinski definition) is 4. The molecule has 0 saturated carbocycles. The number of carbonyl (C=O) groups is 1. The zero-order valence-corrected chi connectivity index (χ0v) is 12.2. The number of unbranched alkanes of at least 4 members (excludes halogenated alkanes) is 4. The van der Waals surface area contributed by atoms with E-state index in [0.29, 0.717) is 19.3 Å². The molecule has 1 atom stereocenters. The van der Waals surface area contributed by atoms with Gasteiger partial charge in [-0.1, -0.05) is 39.0 Å². The van der Waals surface area contributed by atoms with Crippen molar-refractivity contribution in [2.24, 2.45) is 0 Å². The fraction of sp³-hybridized carbons (Fsp3) is 0.917. The molecule has 0 aliphatic carbocycles. The molecule has 0 amide bonds. The highest BCUT2D eigenvalue weighted by atomic mass is 32.3. The van der Waals surface area contributed by atoms with Gasteiger partial charge in [-0.15, -0.1) is 0 Å². The third-order valence-electron chi connectivity index (χ3n) is 2.79. The minimum absolute atomic E-state index is 0.199. The highest BCUT2D eigenvalue weighted by Gasteiger charge is 2.15. The van der Waals surface area contributed by atoms with Gasteiger partial charge >= 0.3 is 16.4 Å². The van der Waals surface area contributed by atoms with Gasteiger partial charge in [0.05, 0.1) is 6.10 Å². The number of hydrogen-bond donors (Lipinski definition) is 2. The molecule has 0 bridgehead atoms. The maximum atomic E-state index is 10.6. The quantitative estimate of drug-likeness (QED) is 0.424. The number of aliphatic carboxylic acids is 1. The molecule has 0 heterocycles. The van der Waals surface area contributed by atoms with Gasteiger partial charge in [-0.25, -0.2) is 4.18 Å². The van der Waals surface area contributed by atoms with E-state index < -0.39 is 22.5 Å². The number of carboxylic acid groups (broad SMARTS) is 1. The van der Waals surface area contributed by atoms with E-state index in [2.05, 4.69) is 4.18 Å². The summed E-state index contributed by atoms with van der Waals surface area (Å²) in [6, 6.07) is 0. The van der Waals surface area contributed by atoms with Crippen LogP contribution in [-0.2, 0) is 19.4 Å². The summed E-state index contributed by atoms with van der Waals surface area (Å²) in [5.74, 6) is -0.774. The molecule has 6 nitrogen and oxygen atoms in total. The third kappa shape index (κ3) is 13.6. The lowest BCUT2D eigenvalue weighted by Crippen LogP contribution is -2.17. The Balaban J connectivity index is 3.67. The first-order valence-corrected chi connectivity index (χ1v) is 8.09. The fourth-order valence-electron chi connectivity index (χ4n) is 1.91. The third-order valence-corrected chi connectivity index (χ3v) is 3.30. The van der Waals surface area contributed by atoms with Crippen LogP contribution in [0.2, 0.25) is 0 Å². The molecule has 1 unspecified atom stereocenters. The van der Waals surface area contributed by atoms with Gasteiger partial charge in [-0.3, -0.25) is 9.35 Å². The average Bonchev–Trinajstić information content (AvgIpc) is 2.25. The summed E-state index contributed by atoms with van der Waals surface area (Å²) in [6.07, 6.45) is 5.91. The summed E-state index contributed by atoms with van der Waals surface area (Å²) in [5.41, 5.74) is 0. The largest absolute Gasteiger partial charge is 0.481 e. The minimum atomic E-state index is -4.37. The molecule has 114 valence electrons. The second kappa shape index (κ2) is 10.2. The topological polar surface area (TPSA) is 101 Å². The van der Waals surface area contributed by atoms with Gasteiger partial charge in [-0.05, 0) is 19.3 Å². The predicted molar refractivity (Wildman–Crippen MR) is 71.3 cm³/mol. The minimum Gasteiger partial charge on any atom is -0.481 e. The van der Waals surface area contributed by atoms with E-state index in [1.165, 1.54) is 0 Å². The van der Waals surface area contributed by atoms with Crippen LogP contribution < -0.4 is 0 Å². The second-order valence-electron chi connectivity index (χ2n) is 4.63. The molecule has 0 aliphatic rings. The molecular weight excluding hydrogens is 272 g/mol. The Morgan fingerprint density at radius 2 is 1.68 bits per heavy atom. The molecular formula is C12H24O6S.